The van der Waals surface area contributed by atoms with Gasteiger partial charge in [-0.25, -0.2) is 0 Å². The molecule has 4 heteroatoms. The largest absolute Gasteiger partial charge is 0.481 e. The summed E-state index contributed by atoms with van der Waals surface area (Å²) in [7, 11) is 6.34. The Morgan fingerprint density at radius 1 is 1.22 bits per heavy atom. The van der Waals surface area contributed by atoms with E-state index < -0.39 is 11.3 Å². The van der Waals surface area contributed by atoms with E-state index in [-0.39, 0.29) is 5.92 Å². The molecule has 1 N–H and O–H groups in total. The standard InChI is InChI=1S/C19H34BNO2/c1-4-5-10-19(20,17(22)23)15-8-13-21(14-9-15)16-6-11-18(2,3)12-7-16/h15-16H,4-14H2,1-3H3,(H,22,23). The van der Waals surface area contributed by atoms with Gasteiger partial charge in [-0.3, -0.25) is 4.79 Å². The highest BCUT2D eigenvalue weighted by molar-refractivity contribution is 6.26. The van der Waals surface area contributed by atoms with Crippen molar-refractivity contribution in [2.24, 2.45) is 11.3 Å². The van der Waals surface area contributed by atoms with Crippen molar-refractivity contribution in [2.75, 3.05) is 13.1 Å². The second-order valence-corrected chi connectivity index (χ2v) is 8.65. The van der Waals surface area contributed by atoms with Crippen LogP contribution < -0.4 is 0 Å². The lowest BCUT2D eigenvalue weighted by Crippen LogP contribution is -2.47. The van der Waals surface area contributed by atoms with Gasteiger partial charge in [-0.2, -0.15) is 0 Å². The molecule has 1 saturated heterocycles. The lowest BCUT2D eigenvalue weighted by molar-refractivity contribution is -0.143. The molecule has 0 aromatic carbocycles. The SMILES string of the molecule is [B]C(CCCC)(C(=O)O)C1CCN(C2CCC(C)(C)CC2)CC1. The van der Waals surface area contributed by atoms with Crippen LogP contribution in [0.2, 0.25) is 5.31 Å². The number of rotatable bonds is 6. The van der Waals surface area contributed by atoms with Crippen molar-refractivity contribution in [3.8, 4) is 0 Å². The van der Waals surface area contributed by atoms with Gasteiger partial charge in [0.15, 0.2) is 0 Å². The van der Waals surface area contributed by atoms with Gasteiger partial charge in [0.05, 0.1) is 7.85 Å². The third-order valence-electron chi connectivity index (χ3n) is 6.43. The molecule has 3 nitrogen and oxygen atoms in total. The predicted molar refractivity (Wildman–Crippen MR) is 95.9 cm³/mol. The molecule has 2 radical (unpaired) electrons. The van der Waals surface area contributed by atoms with E-state index in [9.17, 15) is 9.90 Å². The van der Waals surface area contributed by atoms with Gasteiger partial charge >= 0.3 is 5.97 Å². The Labute approximate surface area is 143 Å². The fourth-order valence-corrected chi connectivity index (χ4v) is 4.48. The van der Waals surface area contributed by atoms with Crippen LogP contribution in [0.1, 0.15) is 78.6 Å². The molecule has 1 aliphatic heterocycles. The Hall–Kier alpha value is -0.505. The highest BCUT2D eigenvalue weighted by Gasteiger charge is 2.42. The second kappa shape index (κ2) is 7.59. The van der Waals surface area contributed by atoms with Crippen LogP contribution in [0.5, 0.6) is 0 Å². The Morgan fingerprint density at radius 2 is 1.78 bits per heavy atom. The average molecular weight is 319 g/mol. The van der Waals surface area contributed by atoms with Crippen LogP contribution in [0.25, 0.3) is 0 Å². The summed E-state index contributed by atoms with van der Waals surface area (Å²) in [5.74, 6) is -0.674. The number of hydrogen-bond donors (Lipinski definition) is 1. The first-order valence-electron chi connectivity index (χ1n) is 9.55. The molecular formula is C19H34BNO2. The molecule has 130 valence electrons. The summed E-state index contributed by atoms with van der Waals surface area (Å²) >= 11 is 0. The molecule has 0 spiro atoms. The Kier molecular flexibility index (Phi) is 6.21. The minimum atomic E-state index is -1.02. The van der Waals surface area contributed by atoms with Crippen LogP contribution in [0.4, 0.5) is 0 Å². The number of aliphatic carboxylic acids is 1. The zero-order chi connectivity index (χ0) is 17.1. The first-order chi connectivity index (χ1) is 10.8. The number of unbranched alkanes of at least 4 members (excludes halogenated alkanes) is 1. The molecule has 1 heterocycles. The first-order valence-corrected chi connectivity index (χ1v) is 9.55. The van der Waals surface area contributed by atoms with E-state index in [4.69, 9.17) is 7.85 Å². The first kappa shape index (κ1) is 18.8. The summed E-state index contributed by atoms with van der Waals surface area (Å²) in [5.41, 5.74) is 0.505. The molecular weight excluding hydrogens is 285 g/mol. The van der Waals surface area contributed by atoms with E-state index in [1.807, 2.05) is 0 Å². The van der Waals surface area contributed by atoms with E-state index in [0.29, 0.717) is 17.9 Å². The molecule has 2 fully saturated rings. The monoisotopic (exact) mass is 319 g/mol. The smallest absolute Gasteiger partial charge is 0.300 e. The van der Waals surface area contributed by atoms with Crippen molar-refractivity contribution < 1.29 is 9.90 Å². The third kappa shape index (κ3) is 4.52. The number of likely N-dealkylation sites (tertiary alicyclic amines) is 1. The van der Waals surface area contributed by atoms with E-state index in [1.54, 1.807) is 0 Å². The summed E-state index contributed by atoms with van der Waals surface area (Å²) in [6, 6.07) is 0.705. The Morgan fingerprint density at radius 3 is 2.26 bits per heavy atom. The van der Waals surface area contributed by atoms with Gasteiger partial charge in [-0.1, -0.05) is 33.6 Å². The van der Waals surface area contributed by atoms with Crippen LogP contribution >= 0.6 is 0 Å². The number of carboxylic acid groups (broad SMARTS) is 1. The molecule has 1 saturated carbocycles. The van der Waals surface area contributed by atoms with Crippen molar-refractivity contribution in [2.45, 2.75) is 89.9 Å². The minimum Gasteiger partial charge on any atom is -0.481 e. The zero-order valence-electron chi connectivity index (χ0n) is 15.3. The van der Waals surface area contributed by atoms with Crippen LogP contribution in [0.3, 0.4) is 0 Å². The Bertz CT molecular complexity index is 394. The maximum absolute atomic E-state index is 11.7. The second-order valence-electron chi connectivity index (χ2n) is 8.65. The van der Waals surface area contributed by atoms with Gasteiger partial charge in [0.1, 0.15) is 0 Å². The maximum Gasteiger partial charge on any atom is 0.300 e. The van der Waals surface area contributed by atoms with Crippen LogP contribution in [0.15, 0.2) is 0 Å². The third-order valence-corrected chi connectivity index (χ3v) is 6.43. The Balaban J connectivity index is 1.88. The average Bonchev–Trinajstić information content (AvgIpc) is 2.52. The van der Waals surface area contributed by atoms with Crippen molar-refractivity contribution in [1.82, 2.24) is 4.90 Å². The van der Waals surface area contributed by atoms with Gasteiger partial charge in [-0.05, 0) is 69.4 Å². The molecule has 0 aromatic rings. The van der Waals surface area contributed by atoms with E-state index in [2.05, 4.69) is 25.7 Å². The summed E-state index contributed by atoms with van der Waals surface area (Å²) in [6.07, 6.45) is 9.60. The topological polar surface area (TPSA) is 40.5 Å². The highest BCUT2D eigenvalue weighted by atomic mass is 16.4. The van der Waals surface area contributed by atoms with Gasteiger partial charge in [0.2, 0.25) is 0 Å². The number of carboxylic acids is 1. The van der Waals surface area contributed by atoms with E-state index in [0.717, 1.165) is 38.8 Å². The number of piperidine rings is 1. The van der Waals surface area contributed by atoms with Gasteiger partial charge in [0.25, 0.3) is 0 Å². The van der Waals surface area contributed by atoms with Gasteiger partial charge < -0.3 is 10.0 Å². The lowest BCUT2D eigenvalue weighted by atomic mass is 9.55. The van der Waals surface area contributed by atoms with E-state index >= 15 is 0 Å². The molecule has 1 unspecified atom stereocenters. The van der Waals surface area contributed by atoms with Crippen molar-refractivity contribution >= 4 is 13.8 Å². The number of hydrogen-bond acceptors (Lipinski definition) is 2. The molecule has 0 aromatic heterocycles. The van der Waals surface area contributed by atoms with Crippen LogP contribution in [-0.4, -0.2) is 43.0 Å². The normalized spacial score (nSPS) is 26.7. The van der Waals surface area contributed by atoms with Crippen LogP contribution in [-0.2, 0) is 4.79 Å². The summed E-state index contributed by atoms with van der Waals surface area (Å²) in [6.45, 7) is 8.88. The quantitative estimate of drug-likeness (QED) is 0.743. The molecule has 0 bridgehead atoms. The molecule has 1 aliphatic carbocycles. The highest BCUT2D eigenvalue weighted by Crippen LogP contribution is 2.45. The zero-order valence-corrected chi connectivity index (χ0v) is 15.3. The molecule has 2 rings (SSSR count). The van der Waals surface area contributed by atoms with Crippen molar-refractivity contribution in [1.29, 1.82) is 0 Å². The minimum absolute atomic E-state index is 0.128. The number of nitrogens with zero attached hydrogens (tertiary/aromatic N) is 1. The van der Waals surface area contributed by atoms with Gasteiger partial charge in [0, 0.05) is 11.4 Å². The van der Waals surface area contributed by atoms with Crippen molar-refractivity contribution in [3.05, 3.63) is 0 Å². The fraction of sp³-hybridized carbons (Fsp3) is 0.947. The molecule has 23 heavy (non-hydrogen) atoms. The summed E-state index contributed by atoms with van der Waals surface area (Å²) in [5, 5.41) is 8.63. The predicted octanol–water partition coefficient (Wildman–Crippen LogP) is 4.27. The summed E-state index contributed by atoms with van der Waals surface area (Å²) < 4.78 is 0. The lowest BCUT2D eigenvalue weighted by Gasteiger charge is -2.46. The fourth-order valence-electron chi connectivity index (χ4n) is 4.48. The van der Waals surface area contributed by atoms with Crippen LogP contribution in [0, 0.1) is 11.3 Å². The maximum atomic E-state index is 11.7. The van der Waals surface area contributed by atoms with Gasteiger partial charge in [-0.15, -0.1) is 0 Å². The molecule has 2 aliphatic rings. The summed E-state index contributed by atoms with van der Waals surface area (Å²) in [4.78, 5) is 14.3. The molecule has 0 amide bonds. The molecule has 1 atom stereocenters. The number of carbonyl (C=O) groups is 1. The van der Waals surface area contributed by atoms with E-state index in [1.165, 1.54) is 25.7 Å². The van der Waals surface area contributed by atoms with Crippen molar-refractivity contribution in [3.63, 3.8) is 0 Å².